The second-order valence-corrected chi connectivity index (χ2v) is 5.41. The van der Waals surface area contributed by atoms with Crippen molar-refractivity contribution < 1.29 is 14.4 Å². The molecule has 0 radical (unpaired) electrons. The zero-order valence-electron chi connectivity index (χ0n) is 12.6. The third kappa shape index (κ3) is 2.44. The SMILES string of the molecule is CCC1CN(C(=O)c2c(C)oc(C)c2C)CCC1=NO. The highest BCUT2D eigenvalue weighted by Gasteiger charge is 2.30. The molecule has 2 rings (SSSR count). The zero-order chi connectivity index (χ0) is 14.9. The van der Waals surface area contributed by atoms with Gasteiger partial charge < -0.3 is 14.5 Å². The Morgan fingerprint density at radius 3 is 2.60 bits per heavy atom. The van der Waals surface area contributed by atoms with Gasteiger partial charge in [0, 0.05) is 31.0 Å². The molecule has 5 heteroatoms. The Hall–Kier alpha value is -1.78. The van der Waals surface area contributed by atoms with Gasteiger partial charge in [0.05, 0.1) is 11.3 Å². The summed E-state index contributed by atoms with van der Waals surface area (Å²) in [5, 5.41) is 12.4. The van der Waals surface area contributed by atoms with Crippen LogP contribution in [-0.2, 0) is 0 Å². The van der Waals surface area contributed by atoms with E-state index in [-0.39, 0.29) is 11.8 Å². The molecule has 5 nitrogen and oxygen atoms in total. The number of amides is 1. The van der Waals surface area contributed by atoms with Gasteiger partial charge in [0.25, 0.3) is 5.91 Å². The van der Waals surface area contributed by atoms with Gasteiger partial charge in [-0.25, -0.2) is 0 Å². The molecule has 2 heterocycles. The third-order valence-electron chi connectivity index (χ3n) is 4.23. The van der Waals surface area contributed by atoms with Crippen LogP contribution in [0.1, 0.15) is 47.2 Å². The Morgan fingerprint density at radius 1 is 1.40 bits per heavy atom. The third-order valence-corrected chi connectivity index (χ3v) is 4.23. The summed E-state index contributed by atoms with van der Waals surface area (Å²) in [6.07, 6.45) is 1.50. The van der Waals surface area contributed by atoms with Crippen molar-refractivity contribution in [2.24, 2.45) is 11.1 Å². The first-order chi connectivity index (χ1) is 9.49. The van der Waals surface area contributed by atoms with Gasteiger partial charge in [-0.2, -0.15) is 0 Å². The average Bonchev–Trinajstić information content (AvgIpc) is 2.70. The summed E-state index contributed by atoms with van der Waals surface area (Å²) in [4.78, 5) is 14.5. The average molecular weight is 278 g/mol. The highest BCUT2D eigenvalue weighted by Crippen LogP contribution is 2.25. The van der Waals surface area contributed by atoms with Gasteiger partial charge in [0.15, 0.2) is 0 Å². The monoisotopic (exact) mass is 278 g/mol. The number of nitrogens with zero attached hydrogens (tertiary/aromatic N) is 2. The van der Waals surface area contributed by atoms with E-state index >= 15 is 0 Å². The van der Waals surface area contributed by atoms with Crippen LogP contribution in [0.25, 0.3) is 0 Å². The Bertz CT molecular complexity index is 546. The van der Waals surface area contributed by atoms with Crippen molar-refractivity contribution in [1.82, 2.24) is 4.90 Å². The molecule has 1 N–H and O–H groups in total. The van der Waals surface area contributed by atoms with Crippen molar-refractivity contribution in [2.75, 3.05) is 13.1 Å². The molecule has 0 aromatic carbocycles. The molecule has 1 saturated heterocycles. The van der Waals surface area contributed by atoms with Crippen LogP contribution < -0.4 is 0 Å². The normalized spacial score (nSPS) is 21.5. The van der Waals surface area contributed by atoms with Crippen LogP contribution in [0.4, 0.5) is 0 Å². The van der Waals surface area contributed by atoms with Crippen molar-refractivity contribution >= 4 is 11.6 Å². The van der Waals surface area contributed by atoms with Crippen LogP contribution in [0.3, 0.4) is 0 Å². The van der Waals surface area contributed by atoms with Gasteiger partial charge in [-0.05, 0) is 27.2 Å². The Morgan fingerprint density at radius 2 is 2.10 bits per heavy atom. The summed E-state index contributed by atoms with van der Waals surface area (Å²) in [6.45, 7) is 8.87. The van der Waals surface area contributed by atoms with Gasteiger partial charge in [-0.3, -0.25) is 4.79 Å². The maximum Gasteiger partial charge on any atom is 0.257 e. The smallest absolute Gasteiger partial charge is 0.257 e. The van der Waals surface area contributed by atoms with E-state index in [0.29, 0.717) is 30.8 Å². The lowest BCUT2D eigenvalue weighted by Crippen LogP contribution is -2.44. The topological polar surface area (TPSA) is 66.0 Å². The number of hydrogen-bond acceptors (Lipinski definition) is 4. The van der Waals surface area contributed by atoms with Crippen LogP contribution >= 0.6 is 0 Å². The molecule has 20 heavy (non-hydrogen) atoms. The molecule has 1 atom stereocenters. The largest absolute Gasteiger partial charge is 0.466 e. The fourth-order valence-corrected chi connectivity index (χ4v) is 2.86. The number of carbonyl (C=O) groups is 1. The first-order valence-electron chi connectivity index (χ1n) is 7.06. The number of rotatable bonds is 2. The fraction of sp³-hybridized carbons (Fsp3) is 0.600. The second-order valence-electron chi connectivity index (χ2n) is 5.41. The lowest BCUT2D eigenvalue weighted by Gasteiger charge is -2.32. The quantitative estimate of drug-likeness (QED) is 0.668. The maximum atomic E-state index is 12.7. The molecular weight excluding hydrogens is 256 g/mol. The molecule has 0 aliphatic carbocycles. The van der Waals surface area contributed by atoms with Crippen molar-refractivity contribution in [3.8, 4) is 0 Å². The lowest BCUT2D eigenvalue weighted by molar-refractivity contribution is 0.0726. The van der Waals surface area contributed by atoms with Crippen LogP contribution in [-0.4, -0.2) is 34.8 Å². The minimum absolute atomic E-state index is 0.0206. The van der Waals surface area contributed by atoms with Crippen LogP contribution in [0.2, 0.25) is 0 Å². The van der Waals surface area contributed by atoms with Crippen molar-refractivity contribution in [3.63, 3.8) is 0 Å². The zero-order valence-corrected chi connectivity index (χ0v) is 12.6. The first-order valence-corrected chi connectivity index (χ1v) is 7.06. The van der Waals surface area contributed by atoms with E-state index in [1.807, 2.05) is 32.6 Å². The van der Waals surface area contributed by atoms with E-state index in [0.717, 1.165) is 23.5 Å². The maximum absolute atomic E-state index is 12.7. The number of carbonyl (C=O) groups excluding carboxylic acids is 1. The van der Waals surface area contributed by atoms with Gasteiger partial charge in [-0.1, -0.05) is 12.1 Å². The van der Waals surface area contributed by atoms with E-state index in [1.165, 1.54) is 0 Å². The van der Waals surface area contributed by atoms with Crippen molar-refractivity contribution in [3.05, 3.63) is 22.6 Å². The van der Waals surface area contributed by atoms with Gasteiger partial charge in [0.2, 0.25) is 0 Å². The molecule has 1 amide bonds. The van der Waals surface area contributed by atoms with Crippen LogP contribution in [0.5, 0.6) is 0 Å². The number of oxime groups is 1. The number of furan rings is 1. The molecule has 110 valence electrons. The standard InChI is InChI=1S/C15H22N2O3/c1-5-12-8-17(7-6-13(12)16-19)15(18)14-9(2)10(3)20-11(14)4/h12,19H,5-8H2,1-4H3. The van der Waals surface area contributed by atoms with Gasteiger partial charge in [0.1, 0.15) is 11.5 Å². The minimum atomic E-state index is 0.0206. The molecule has 1 unspecified atom stereocenters. The van der Waals surface area contributed by atoms with E-state index < -0.39 is 0 Å². The lowest BCUT2D eigenvalue weighted by atomic mass is 9.92. The highest BCUT2D eigenvalue weighted by molar-refractivity contribution is 5.98. The summed E-state index contributed by atoms with van der Waals surface area (Å²) in [6, 6.07) is 0. The molecule has 1 aromatic heterocycles. The molecule has 1 aliphatic heterocycles. The number of likely N-dealkylation sites (tertiary alicyclic amines) is 1. The molecular formula is C15H22N2O3. The predicted octanol–water partition coefficient (Wildman–Crippen LogP) is 2.91. The van der Waals surface area contributed by atoms with Crippen LogP contribution in [0.15, 0.2) is 9.57 Å². The summed E-state index contributed by atoms with van der Waals surface area (Å²) in [5.41, 5.74) is 2.40. The summed E-state index contributed by atoms with van der Waals surface area (Å²) in [5.74, 6) is 1.64. The highest BCUT2D eigenvalue weighted by atomic mass is 16.4. The Balaban J connectivity index is 2.22. The first kappa shape index (κ1) is 14.6. The van der Waals surface area contributed by atoms with Gasteiger partial charge >= 0.3 is 0 Å². The van der Waals surface area contributed by atoms with E-state index in [4.69, 9.17) is 9.62 Å². The number of hydrogen-bond donors (Lipinski definition) is 1. The molecule has 0 bridgehead atoms. The Kier molecular flexibility index (Phi) is 4.16. The fourth-order valence-electron chi connectivity index (χ4n) is 2.86. The summed E-state index contributed by atoms with van der Waals surface area (Å²) in [7, 11) is 0. The minimum Gasteiger partial charge on any atom is -0.466 e. The van der Waals surface area contributed by atoms with E-state index in [2.05, 4.69) is 5.16 Å². The number of piperidine rings is 1. The Labute approximate surface area is 119 Å². The molecule has 1 fully saturated rings. The summed E-state index contributed by atoms with van der Waals surface area (Å²) >= 11 is 0. The molecule has 1 aromatic rings. The second kappa shape index (κ2) is 5.69. The number of aryl methyl sites for hydroxylation is 2. The van der Waals surface area contributed by atoms with Crippen molar-refractivity contribution in [2.45, 2.75) is 40.5 Å². The van der Waals surface area contributed by atoms with Gasteiger partial charge in [-0.15, -0.1) is 0 Å². The molecule has 0 spiro atoms. The van der Waals surface area contributed by atoms with Crippen molar-refractivity contribution in [1.29, 1.82) is 0 Å². The van der Waals surface area contributed by atoms with Crippen LogP contribution in [0, 0.1) is 26.7 Å². The van der Waals surface area contributed by atoms with E-state index in [1.54, 1.807) is 0 Å². The molecule has 1 aliphatic rings. The molecule has 0 saturated carbocycles. The van der Waals surface area contributed by atoms with E-state index in [9.17, 15) is 4.79 Å². The predicted molar refractivity (Wildman–Crippen MR) is 76.4 cm³/mol. The summed E-state index contributed by atoms with van der Waals surface area (Å²) < 4.78 is 5.54.